The molecule has 0 amide bonds. The minimum absolute atomic E-state index is 0.165. The van der Waals surface area contributed by atoms with Gasteiger partial charge in [-0.25, -0.2) is 4.98 Å². The number of fused-ring (bicyclic) bond motifs is 1. The van der Waals surface area contributed by atoms with Gasteiger partial charge in [-0.3, -0.25) is 9.78 Å². The van der Waals surface area contributed by atoms with E-state index in [0.29, 0.717) is 4.96 Å². The molecule has 3 aromatic rings. The second-order valence-electron chi connectivity index (χ2n) is 3.12. The maximum atomic E-state index is 11.5. The molecule has 6 heteroatoms. The molecule has 0 aromatic carbocycles. The normalized spacial score (nSPS) is 10.8. The standard InChI is InChI=1S/C10H6N4OS/c15-8-3-6-12-10-14(8)13-9(16-10)7-1-4-11-5-2-7/h1-6H. The van der Waals surface area contributed by atoms with E-state index in [1.807, 2.05) is 12.1 Å². The van der Waals surface area contributed by atoms with E-state index in [2.05, 4.69) is 15.1 Å². The Bertz CT molecular complexity index is 689. The molecule has 0 spiro atoms. The highest BCUT2D eigenvalue weighted by Gasteiger charge is 2.07. The van der Waals surface area contributed by atoms with Gasteiger partial charge in [0.05, 0.1) is 0 Å². The number of nitrogens with zero attached hydrogens (tertiary/aromatic N) is 4. The molecule has 3 rings (SSSR count). The van der Waals surface area contributed by atoms with Gasteiger partial charge in [-0.1, -0.05) is 11.3 Å². The van der Waals surface area contributed by atoms with Crippen molar-refractivity contribution in [2.24, 2.45) is 0 Å². The molecule has 0 saturated carbocycles. The molecule has 3 aromatic heterocycles. The van der Waals surface area contributed by atoms with Gasteiger partial charge in [-0.2, -0.15) is 9.61 Å². The van der Waals surface area contributed by atoms with Gasteiger partial charge in [-0.05, 0) is 12.1 Å². The Morgan fingerprint density at radius 2 is 1.94 bits per heavy atom. The average Bonchev–Trinajstić information content (AvgIpc) is 2.76. The molecular weight excluding hydrogens is 224 g/mol. The Balaban J connectivity index is 2.28. The Morgan fingerprint density at radius 1 is 1.12 bits per heavy atom. The summed E-state index contributed by atoms with van der Waals surface area (Å²) in [7, 11) is 0. The topological polar surface area (TPSA) is 60.2 Å². The van der Waals surface area contributed by atoms with Gasteiger partial charge in [0.25, 0.3) is 5.56 Å². The molecule has 0 aliphatic carbocycles. The number of pyridine rings is 1. The van der Waals surface area contributed by atoms with Crippen LogP contribution in [0.5, 0.6) is 0 Å². The smallest absolute Gasteiger partial charge is 0.267 e. The van der Waals surface area contributed by atoms with Crippen LogP contribution in [0.2, 0.25) is 0 Å². The summed E-state index contributed by atoms with van der Waals surface area (Å²) < 4.78 is 1.31. The van der Waals surface area contributed by atoms with Crippen molar-refractivity contribution in [1.29, 1.82) is 0 Å². The van der Waals surface area contributed by atoms with Crippen LogP contribution in [0.25, 0.3) is 15.5 Å². The first-order valence-corrected chi connectivity index (χ1v) is 5.41. The second-order valence-corrected chi connectivity index (χ2v) is 4.08. The molecule has 0 fully saturated rings. The van der Waals surface area contributed by atoms with Gasteiger partial charge in [0.2, 0.25) is 4.96 Å². The summed E-state index contributed by atoms with van der Waals surface area (Å²) in [6.07, 6.45) is 4.88. The minimum atomic E-state index is -0.165. The van der Waals surface area contributed by atoms with E-state index in [1.54, 1.807) is 12.4 Å². The monoisotopic (exact) mass is 230 g/mol. The van der Waals surface area contributed by atoms with Crippen molar-refractivity contribution in [1.82, 2.24) is 19.6 Å². The molecule has 16 heavy (non-hydrogen) atoms. The molecule has 78 valence electrons. The van der Waals surface area contributed by atoms with Crippen molar-refractivity contribution >= 4 is 16.3 Å². The summed E-state index contributed by atoms with van der Waals surface area (Å²) in [6, 6.07) is 5.09. The van der Waals surface area contributed by atoms with E-state index >= 15 is 0 Å². The summed E-state index contributed by atoms with van der Waals surface area (Å²) in [6.45, 7) is 0. The zero-order valence-corrected chi connectivity index (χ0v) is 8.89. The largest absolute Gasteiger partial charge is 0.275 e. The first-order chi connectivity index (χ1) is 7.84. The minimum Gasteiger partial charge on any atom is -0.267 e. The highest BCUT2D eigenvalue weighted by atomic mass is 32.1. The first kappa shape index (κ1) is 9.17. The lowest BCUT2D eigenvalue weighted by molar-refractivity contribution is 0.903. The fourth-order valence-corrected chi connectivity index (χ4v) is 2.24. The van der Waals surface area contributed by atoms with Crippen LogP contribution in [0.1, 0.15) is 0 Å². The van der Waals surface area contributed by atoms with Crippen molar-refractivity contribution in [2.75, 3.05) is 0 Å². The summed E-state index contributed by atoms with van der Waals surface area (Å²) >= 11 is 1.38. The lowest BCUT2D eigenvalue weighted by Gasteiger charge is -1.90. The van der Waals surface area contributed by atoms with E-state index in [1.165, 1.54) is 28.1 Å². The lowest BCUT2D eigenvalue weighted by atomic mass is 10.3. The lowest BCUT2D eigenvalue weighted by Crippen LogP contribution is -2.12. The van der Waals surface area contributed by atoms with Crippen molar-refractivity contribution in [3.05, 3.63) is 47.1 Å². The third kappa shape index (κ3) is 1.40. The number of rotatable bonds is 1. The molecule has 0 bridgehead atoms. The van der Waals surface area contributed by atoms with Crippen LogP contribution in [0.4, 0.5) is 0 Å². The Hall–Kier alpha value is -2.08. The third-order valence-corrected chi connectivity index (χ3v) is 3.07. The highest BCUT2D eigenvalue weighted by molar-refractivity contribution is 7.19. The SMILES string of the molecule is O=c1ccnc2sc(-c3ccncc3)nn12. The van der Waals surface area contributed by atoms with E-state index < -0.39 is 0 Å². The van der Waals surface area contributed by atoms with E-state index in [0.717, 1.165) is 10.6 Å². The Labute approximate surface area is 94.0 Å². The number of aromatic nitrogens is 4. The van der Waals surface area contributed by atoms with Crippen LogP contribution in [0.3, 0.4) is 0 Å². The van der Waals surface area contributed by atoms with E-state index in [4.69, 9.17) is 0 Å². The second kappa shape index (κ2) is 3.49. The molecule has 0 N–H and O–H groups in total. The van der Waals surface area contributed by atoms with Crippen LogP contribution < -0.4 is 5.56 Å². The maximum absolute atomic E-state index is 11.5. The molecule has 3 heterocycles. The molecule has 0 aliphatic rings. The van der Waals surface area contributed by atoms with Gasteiger partial charge in [0.1, 0.15) is 5.01 Å². The quantitative estimate of drug-likeness (QED) is 0.630. The molecule has 0 atom stereocenters. The summed E-state index contributed by atoms with van der Waals surface area (Å²) in [5.74, 6) is 0. The van der Waals surface area contributed by atoms with Crippen molar-refractivity contribution in [2.45, 2.75) is 0 Å². The average molecular weight is 230 g/mol. The van der Waals surface area contributed by atoms with Gasteiger partial charge < -0.3 is 0 Å². The Morgan fingerprint density at radius 3 is 2.69 bits per heavy atom. The predicted octanol–water partition coefficient (Wildman–Crippen LogP) is 1.21. The maximum Gasteiger partial charge on any atom is 0.275 e. The summed E-state index contributed by atoms with van der Waals surface area (Å²) in [5.41, 5.74) is 0.770. The molecule has 0 aliphatic heterocycles. The fourth-order valence-electron chi connectivity index (χ4n) is 1.35. The van der Waals surface area contributed by atoms with Crippen molar-refractivity contribution < 1.29 is 0 Å². The molecular formula is C10H6N4OS. The third-order valence-electron chi connectivity index (χ3n) is 2.10. The zero-order valence-electron chi connectivity index (χ0n) is 8.07. The van der Waals surface area contributed by atoms with Crippen LogP contribution in [-0.2, 0) is 0 Å². The summed E-state index contributed by atoms with van der Waals surface area (Å²) in [5, 5.41) is 4.98. The number of hydrogen-bond acceptors (Lipinski definition) is 5. The van der Waals surface area contributed by atoms with Crippen molar-refractivity contribution in [3.8, 4) is 10.6 Å². The number of hydrogen-bond donors (Lipinski definition) is 0. The van der Waals surface area contributed by atoms with Crippen molar-refractivity contribution in [3.63, 3.8) is 0 Å². The van der Waals surface area contributed by atoms with Crippen LogP contribution in [0.15, 0.2) is 41.6 Å². The van der Waals surface area contributed by atoms with E-state index in [9.17, 15) is 4.79 Å². The van der Waals surface area contributed by atoms with Gasteiger partial charge in [0.15, 0.2) is 0 Å². The van der Waals surface area contributed by atoms with Crippen LogP contribution in [0, 0.1) is 0 Å². The van der Waals surface area contributed by atoms with Gasteiger partial charge in [-0.15, -0.1) is 0 Å². The zero-order chi connectivity index (χ0) is 11.0. The molecule has 0 saturated heterocycles. The Kier molecular flexibility index (Phi) is 2.00. The van der Waals surface area contributed by atoms with Gasteiger partial charge in [0, 0.05) is 30.2 Å². The predicted molar refractivity (Wildman–Crippen MR) is 60.4 cm³/mol. The van der Waals surface area contributed by atoms with Gasteiger partial charge >= 0.3 is 0 Å². The molecule has 0 unspecified atom stereocenters. The van der Waals surface area contributed by atoms with Crippen LogP contribution >= 0.6 is 11.3 Å². The van der Waals surface area contributed by atoms with Crippen LogP contribution in [-0.4, -0.2) is 19.6 Å². The fraction of sp³-hybridized carbons (Fsp3) is 0. The molecule has 5 nitrogen and oxygen atoms in total. The van der Waals surface area contributed by atoms with E-state index in [-0.39, 0.29) is 5.56 Å². The first-order valence-electron chi connectivity index (χ1n) is 4.60. The summed E-state index contributed by atoms with van der Waals surface area (Å²) in [4.78, 5) is 20.1. The highest BCUT2D eigenvalue weighted by Crippen LogP contribution is 2.22. The molecule has 0 radical (unpaired) electrons.